The Bertz CT molecular complexity index is 925. The summed E-state index contributed by atoms with van der Waals surface area (Å²) in [5.41, 5.74) is 1.82. The third kappa shape index (κ3) is 3.51. The Balaban J connectivity index is 1.42. The molecule has 1 saturated heterocycles. The van der Waals surface area contributed by atoms with E-state index in [4.69, 9.17) is 11.6 Å². The van der Waals surface area contributed by atoms with Gasteiger partial charge in [-0.05, 0) is 42.7 Å². The Labute approximate surface area is 156 Å². The molecule has 7 heteroatoms. The number of nitrogens with zero attached hydrogens (tertiary/aromatic N) is 4. The largest absolute Gasteiger partial charge is 0.352 e. The van der Waals surface area contributed by atoms with Gasteiger partial charge in [0.1, 0.15) is 0 Å². The fourth-order valence-corrected chi connectivity index (χ4v) is 3.61. The van der Waals surface area contributed by atoms with Crippen LogP contribution in [0.15, 0.2) is 48.7 Å². The van der Waals surface area contributed by atoms with E-state index in [9.17, 15) is 4.79 Å². The molecular weight excluding hydrogens is 350 g/mol. The number of fused-ring (bicyclic) bond motifs is 1. The van der Waals surface area contributed by atoms with E-state index in [0.717, 1.165) is 36.5 Å². The minimum absolute atomic E-state index is 0.0565. The number of pyridine rings is 1. The molecule has 1 aliphatic rings. The Morgan fingerprint density at radius 3 is 3.04 bits per heavy atom. The predicted octanol–water partition coefficient (Wildman–Crippen LogP) is 2.92. The van der Waals surface area contributed by atoms with Gasteiger partial charge in [0.2, 0.25) is 11.9 Å². The molecule has 3 aromatic rings. The van der Waals surface area contributed by atoms with Gasteiger partial charge >= 0.3 is 0 Å². The maximum Gasteiger partial charge on any atom is 0.231 e. The maximum absolute atomic E-state index is 12.6. The van der Waals surface area contributed by atoms with E-state index in [1.807, 2.05) is 53.1 Å². The summed E-state index contributed by atoms with van der Waals surface area (Å²) in [5, 5.41) is 12.2. The first-order chi connectivity index (χ1) is 12.7. The number of rotatable bonds is 4. The molecule has 0 radical (unpaired) electrons. The van der Waals surface area contributed by atoms with Gasteiger partial charge in [0.05, 0.1) is 5.92 Å². The van der Waals surface area contributed by atoms with Crippen LogP contribution in [0.5, 0.6) is 0 Å². The zero-order valence-corrected chi connectivity index (χ0v) is 15.1. The zero-order valence-electron chi connectivity index (χ0n) is 14.3. The highest BCUT2D eigenvalue weighted by atomic mass is 35.5. The summed E-state index contributed by atoms with van der Waals surface area (Å²) in [7, 11) is 0. The van der Waals surface area contributed by atoms with E-state index < -0.39 is 0 Å². The van der Waals surface area contributed by atoms with Crippen molar-refractivity contribution in [2.75, 3.05) is 18.0 Å². The summed E-state index contributed by atoms with van der Waals surface area (Å²) in [6, 6.07) is 13.4. The van der Waals surface area contributed by atoms with Crippen LogP contribution >= 0.6 is 11.6 Å². The van der Waals surface area contributed by atoms with Crippen LogP contribution in [0.4, 0.5) is 5.95 Å². The van der Waals surface area contributed by atoms with Crippen molar-refractivity contribution < 1.29 is 4.79 Å². The minimum Gasteiger partial charge on any atom is -0.352 e. The van der Waals surface area contributed by atoms with Crippen LogP contribution in [-0.4, -0.2) is 33.6 Å². The van der Waals surface area contributed by atoms with Crippen LogP contribution in [0.25, 0.3) is 5.65 Å². The quantitative estimate of drug-likeness (QED) is 0.768. The molecule has 4 rings (SSSR count). The average molecular weight is 370 g/mol. The van der Waals surface area contributed by atoms with Crippen LogP contribution in [0, 0.1) is 5.92 Å². The maximum atomic E-state index is 12.6. The third-order valence-electron chi connectivity index (χ3n) is 4.73. The Hall–Kier alpha value is -2.60. The summed E-state index contributed by atoms with van der Waals surface area (Å²) >= 11 is 6.00. The lowest BCUT2D eigenvalue weighted by atomic mass is 9.97. The second-order valence-corrected chi connectivity index (χ2v) is 7.00. The van der Waals surface area contributed by atoms with E-state index in [-0.39, 0.29) is 11.8 Å². The second-order valence-electron chi connectivity index (χ2n) is 6.56. The molecule has 2 aromatic heterocycles. The average Bonchev–Trinajstić information content (AvgIpc) is 3.10. The summed E-state index contributed by atoms with van der Waals surface area (Å²) in [6.45, 7) is 2.02. The van der Waals surface area contributed by atoms with Crippen molar-refractivity contribution in [1.82, 2.24) is 19.9 Å². The Kier molecular flexibility index (Phi) is 4.75. The molecule has 1 fully saturated rings. The lowest BCUT2D eigenvalue weighted by Crippen LogP contribution is -2.43. The number of hydrogen-bond acceptors (Lipinski definition) is 4. The molecule has 0 saturated carbocycles. The summed E-state index contributed by atoms with van der Waals surface area (Å²) in [5.74, 6) is 0.815. The highest BCUT2D eigenvalue weighted by Gasteiger charge is 2.27. The van der Waals surface area contributed by atoms with Gasteiger partial charge in [-0.15, -0.1) is 10.2 Å². The smallest absolute Gasteiger partial charge is 0.231 e. The van der Waals surface area contributed by atoms with Crippen molar-refractivity contribution in [3.63, 3.8) is 0 Å². The van der Waals surface area contributed by atoms with E-state index >= 15 is 0 Å². The van der Waals surface area contributed by atoms with E-state index in [1.165, 1.54) is 0 Å². The summed E-state index contributed by atoms with van der Waals surface area (Å²) in [4.78, 5) is 14.8. The lowest BCUT2D eigenvalue weighted by molar-refractivity contribution is -0.125. The Morgan fingerprint density at radius 1 is 1.23 bits per heavy atom. The number of aromatic nitrogens is 3. The summed E-state index contributed by atoms with van der Waals surface area (Å²) in [6.07, 6.45) is 3.79. The topological polar surface area (TPSA) is 62.5 Å². The fraction of sp³-hybridized carbons (Fsp3) is 0.316. The number of piperidine rings is 1. The number of carbonyl (C=O) groups is 1. The van der Waals surface area contributed by atoms with E-state index in [1.54, 1.807) is 0 Å². The normalized spacial score (nSPS) is 17.4. The van der Waals surface area contributed by atoms with Crippen molar-refractivity contribution in [3.05, 3.63) is 59.2 Å². The SMILES string of the molecule is O=C(NCc1cccc(Cl)c1)[C@@H]1CCCN(c2nnc3ccccn23)C1. The van der Waals surface area contributed by atoms with Crippen LogP contribution in [0.1, 0.15) is 18.4 Å². The number of benzene rings is 1. The number of hydrogen-bond donors (Lipinski definition) is 1. The monoisotopic (exact) mass is 369 g/mol. The molecule has 1 aliphatic heterocycles. The van der Waals surface area contributed by atoms with Crippen LogP contribution in [0.3, 0.4) is 0 Å². The first-order valence-corrected chi connectivity index (χ1v) is 9.15. The number of amides is 1. The third-order valence-corrected chi connectivity index (χ3v) is 4.96. The molecule has 0 bridgehead atoms. The molecule has 1 amide bonds. The van der Waals surface area contributed by atoms with E-state index in [0.29, 0.717) is 18.1 Å². The molecule has 26 heavy (non-hydrogen) atoms. The van der Waals surface area contributed by atoms with Gasteiger partial charge in [0.25, 0.3) is 0 Å². The zero-order chi connectivity index (χ0) is 17.9. The molecule has 6 nitrogen and oxygen atoms in total. The molecule has 1 atom stereocenters. The molecule has 134 valence electrons. The number of nitrogens with one attached hydrogen (secondary N) is 1. The highest BCUT2D eigenvalue weighted by Crippen LogP contribution is 2.22. The molecule has 0 spiro atoms. The van der Waals surface area contributed by atoms with Gasteiger partial charge in [-0.1, -0.05) is 29.8 Å². The van der Waals surface area contributed by atoms with Crippen molar-refractivity contribution >= 4 is 29.1 Å². The van der Waals surface area contributed by atoms with Gasteiger partial charge in [-0.3, -0.25) is 9.20 Å². The van der Waals surface area contributed by atoms with Gasteiger partial charge in [-0.2, -0.15) is 0 Å². The van der Waals surface area contributed by atoms with Crippen molar-refractivity contribution in [1.29, 1.82) is 0 Å². The number of carbonyl (C=O) groups excluding carboxylic acids is 1. The van der Waals surface area contributed by atoms with Crippen molar-refractivity contribution in [3.8, 4) is 0 Å². The van der Waals surface area contributed by atoms with Gasteiger partial charge in [0.15, 0.2) is 5.65 Å². The number of anilines is 1. The van der Waals surface area contributed by atoms with Crippen molar-refractivity contribution in [2.45, 2.75) is 19.4 Å². The standard InChI is InChI=1S/C19H20ClN5O/c20-16-7-3-5-14(11-16)12-21-18(26)15-6-4-9-24(13-15)19-23-22-17-8-1-2-10-25(17)19/h1-3,5,7-8,10-11,15H,4,6,9,12-13H2,(H,21,26)/t15-/m1/s1. The van der Waals surface area contributed by atoms with Crippen LogP contribution < -0.4 is 10.2 Å². The Morgan fingerprint density at radius 2 is 2.15 bits per heavy atom. The van der Waals surface area contributed by atoms with Gasteiger partial charge < -0.3 is 10.2 Å². The molecule has 3 heterocycles. The molecule has 0 unspecified atom stereocenters. The minimum atomic E-state index is -0.0565. The first-order valence-electron chi connectivity index (χ1n) is 8.77. The van der Waals surface area contributed by atoms with Crippen LogP contribution in [-0.2, 0) is 11.3 Å². The molecule has 1 aromatic carbocycles. The number of halogens is 1. The van der Waals surface area contributed by atoms with E-state index in [2.05, 4.69) is 20.4 Å². The van der Waals surface area contributed by atoms with Gasteiger partial charge in [-0.25, -0.2) is 0 Å². The lowest BCUT2D eigenvalue weighted by Gasteiger charge is -2.32. The van der Waals surface area contributed by atoms with Crippen LogP contribution in [0.2, 0.25) is 5.02 Å². The highest BCUT2D eigenvalue weighted by molar-refractivity contribution is 6.30. The molecular formula is C19H20ClN5O. The van der Waals surface area contributed by atoms with Gasteiger partial charge in [0, 0.05) is 30.9 Å². The predicted molar refractivity (Wildman–Crippen MR) is 101 cm³/mol. The van der Waals surface area contributed by atoms with Crippen molar-refractivity contribution in [2.24, 2.45) is 5.92 Å². The molecule has 1 N–H and O–H groups in total. The second kappa shape index (κ2) is 7.33. The molecule has 0 aliphatic carbocycles. The first kappa shape index (κ1) is 16.8. The summed E-state index contributed by atoms with van der Waals surface area (Å²) < 4.78 is 1.96. The fourth-order valence-electron chi connectivity index (χ4n) is 3.40.